The van der Waals surface area contributed by atoms with E-state index < -0.39 is 5.97 Å². The second kappa shape index (κ2) is 5.64. The third-order valence-electron chi connectivity index (χ3n) is 3.10. The summed E-state index contributed by atoms with van der Waals surface area (Å²) in [5, 5.41) is 15.0. The third-order valence-corrected chi connectivity index (χ3v) is 3.96. The SMILES string of the molecule is CNC1COCC1C(=O)Nc1snc(C)c1C(=O)O. The maximum Gasteiger partial charge on any atom is 0.340 e. The summed E-state index contributed by atoms with van der Waals surface area (Å²) in [6.07, 6.45) is 0. The van der Waals surface area contributed by atoms with Crippen LogP contribution in [0.5, 0.6) is 0 Å². The maximum absolute atomic E-state index is 12.1. The Morgan fingerprint density at radius 2 is 2.21 bits per heavy atom. The molecule has 2 atom stereocenters. The molecular formula is C11H15N3O4S. The highest BCUT2D eigenvalue weighted by Gasteiger charge is 2.34. The van der Waals surface area contributed by atoms with E-state index in [1.807, 2.05) is 0 Å². The van der Waals surface area contributed by atoms with Gasteiger partial charge >= 0.3 is 5.97 Å². The van der Waals surface area contributed by atoms with Crippen LogP contribution in [0.2, 0.25) is 0 Å². The average molecular weight is 285 g/mol. The topological polar surface area (TPSA) is 101 Å². The molecule has 1 aliphatic rings. The summed E-state index contributed by atoms with van der Waals surface area (Å²) in [5.74, 6) is -1.66. The third kappa shape index (κ3) is 2.75. The lowest BCUT2D eigenvalue weighted by Crippen LogP contribution is -2.39. The number of amides is 1. The van der Waals surface area contributed by atoms with Crippen LogP contribution in [0.25, 0.3) is 0 Å². The number of carboxylic acids is 1. The minimum Gasteiger partial charge on any atom is -0.478 e. The van der Waals surface area contributed by atoms with E-state index in [9.17, 15) is 9.59 Å². The molecule has 2 rings (SSSR count). The van der Waals surface area contributed by atoms with Gasteiger partial charge in [0.2, 0.25) is 5.91 Å². The predicted molar refractivity (Wildman–Crippen MR) is 69.6 cm³/mol. The van der Waals surface area contributed by atoms with E-state index in [1.54, 1.807) is 14.0 Å². The van der Waals surface area contributed by atoms with E-state index in [4.69, 9.17) is 9.84 Å². The van der Waals surface area contributed by atoms with Gasteiger partial charge < -0.3 is 20.5 Å². The van der Waals surface area contributed by atoms with E-state index in [-0.39, 0.29) is 28.4 Å². The van der Waals surface area contributed by atoms with Crippen molar-refractivity contribution in [2.75, 3.05) is 25.6 Å². The number of likely N-dealkylation sites (N-methyl/N-ethyl adjacent to an activating group) is 1. The van der Waals surface area contributed by atoms with Crippen LogP contribution in [-0.2, 0) is 9.53 Å². The average Bonchev–Trinajstić information content (AvgIpc) is 2.95. The summed E-state index contributed by atoms with van der Waals surface area (Å²) in [6, 6.07) is -0.0534. The summed E-state index contributed by atoms with van der Waals surface area (Å²) in [4.78, 5) is 23.2. The zero-order chi connectivity index (χ0) is 14.0. The zero-order valence-corrected chi connectivity index (χ0v) is 11.4. The summed E-state index contributed by atoms with van der Waals surface area (Å²) >= 11 is 0.976. The van der Waals surface area contributed by atoms with Crippen LogP contribution < -0.4 is 10.6 Å². The normalized spacial score (nSPS) is 22.4. The number of nitrogens with zero attached hydrogens (tertiary/aromatic N) is 1. The number of carboxylic acid groups (broad SMARTS) is 1. The fourth-order valence-electron chi connectivity index (χ4n) is 2.01. The van der Waals surface area contributed by atoms with Gasteiger partial charge in [0.05, 0.1) is 24.8 Å². The molecule has 1 saturated heterocycles. The predicted octanol–water partition coefficient (Wildman–Crippen LogP) is 0.323. The lowest BCUT2D eigenvalue weighted by Gasteiger charge is -2.15. The quantitative estimate of drug-likeness (QED) is 0.736. The minimum atomic E-state index is -1.09. The molecule has 7 nitrogen and oxygen atoms in total. The lowest BCUT2D eigenvalue weighted by molar-refractivity contribution is -0.120. The smallest absolute Gasteiger partial charge is 0.340 e. The van der Waals surface area contributed by atoms with Crippen LogP contribution in [0, 0.1) is 12.8 Å². The van der Waals surface area contributed by atoms with Crippen LogP contribution >= 0.6 is 11.5 Å². The summed E-state index contributed by atoms with van der Waals surface area (Å²) in [7, 11) is 1.76. The molecule has 0 spiro atoms. The van der Waals surface area contributed by atoms with Gasteiger partial charge in [0.1, 0.15) is 10.6 Å². The number of aromatic carboxylic acids is 1. The molecule has 104 valence electrons. The van der Waals surface area contributed by atoms with Crippen molar-refractivity contribution in [3.63, 3.8) is 0 Å². The van der Waals surface area contributed by atoms with Crippen molar-refractivity contribution in [1.29, 1.82) is 0 Å². The van der Waals surface area contributed by atoms with Crippen LogP contribution in [0.15, 0.2) is 0 Å². The van der Waals surface area contributed by atoms with E-state index in [0.717, 1.165) is 11.5 Å². The largest absolute Gasteiger partial charge is 0.478 e. The van der Waals surface area contributed by atoms with Crippen molar-refractivity contribution in [3.8, 4) is 0 Å². The minimum absolute atomic E-state index is 0.0534. The first kappa shape index (κ1) is 13.9. The molecule has 2 heterocycles. The van der Waals surface area contributed by atoms with Crippen LogP contribution in [0.3, 0.4) is 0 Å². The molecule has 2 unspecified atom stereocenters. The Labute approximate surface area is 114 Å². The molecular weight excluding hydrogens is 270 g/mol. The summed E-state index contributed by atoms with van der Waals surface area (Å²) < 4.78 is 9.21. The molecule has 0 radical (unpaired) electrons. The maximum atomic E-state index is 12.1. The highest BCUT2D eigenvalue weighted by atomic mass is 32.1. The van der Waals surface area contributed by atoms with E-state index in [0.29, 0.717) is 18.9 Å². The number of nitrogens with one attached hydrogen (secondary N) is 2. The molecule has 1 aromatic rings. The highest BCUT2D eigenvalue weighted by Crippen LogP contribution is 2.26. The Balaban J connectivity index is 2.13. The van der Waals surface area contributed by atoms with Gasteiger partial charge in [-0.15, -0.1) is 0 Å². The van der Waals surface area contributed by atoms with Gasteiger partial charge in [0.15, 0.2) is 0 Å². The van der Waals surface area contributed by atoms with Gasteiger partial charge in [0, 0.05) is 6.04 Å². The standard InChI is InChI=1S/C11H15N3O4S/c1-5-8(11(16)17)10(19-14-5)13-9(15)6-3-18-4-7(6)12-2/h6-7,12H,3-4H2,1-2H3,(H,13,15)(H,16,17). The van der Waals surface area contributed by atoms with Crippen molar-refractivity contribution in [1.82, 2.24) is 9.69 Å². The van der Waals surface area contributed by atoms with E-state index in [2.05, 4.69) is 15.0 Å². The second-order valence-electron chi connectivity index (χ2n) is 4.31. The number of hydrogen-bond acceptors (Lipinski definition) is 6. The van der Waals surface area contributed by atoms with Gasteiger partial charge in [-0.2, -0.15) is 4.37 Å². The van der Waals surface area contributed by atoms with Crippen molar-refractivity contribution < 1.29 is 19.4 Å². The lowest BCUT2D eigenvalue weighted by atomic mass is 10.0. The number of rotatable bonds is 4. The zero-order valence-electron chi connectivity index (χ0n) is 10.6. The molecule has 0 bridgehead atoms. The molecule has 1 fully saturated rings. The van der Waals surface area contributed by atoms with E-state index >= 15 is 0 Å². The number of aryl methyl sites for hydroxylation is 1. The molecule has 1 aliphatic heterocycles. The summed E-state index contributed by atoms with van der Waals surface area (Å²) in [5.41, 5.74) is 0.457. The fraction of sp³-hybridized carbons (Fsp3) is 0.545. The fourth-order valence-corrected chi connectivity index (χ4v) is 2.80. The number of carbonyl (C=O) groups excluding carboxylic acids is 1. The Morgan fingerprint density at radius 1 is 1.47 bits per heavy atom. The van der Waals surface area contributed by atoms with Gasteiger partial charge in [-0.25, -0.2) is 4.79 Å². The Hall–Kier alpha value is -1.51. The van der Waals surface area contributed by atoms with Crippen LogP contribution in [0.1, 0.15) is 16.1 Å². The Morgan fingerprint density at radius 3 is 2.84 bits per heavy atom. The number of hydrogen-bond donors (Lipinski definition) is 3. The molecule has 0 saturated carbocycles. The Kier molecular flexibility index (Phi) is 4.13. The summed E-state index contributed by atoms with van der Waals surface area (Å²) in [6.45, 7) is 2.41. The monoisotopic (exact) mass is 285 g/mol. The van der Waals surface area contributed by atoms with Crippen LogP contribution in [0.4, 0.5) is 5.00 Å². The molecule has 19 heavy (non-hydrogen) atoms. The number of carbonyl (C=O) groups is 2. The first-order valence-corrected chi connectivity index (χ1v) is 6.57. The molecule has 1 aromatic heterocycles. The van der Waals surface area contributed by atoms with Crippen molar-refractivity contribution >= 4 is 28.4 Å². The van der Waals surface area contributed by atoms with Gasteiger partial charge in [-0.3, -0.25) is 4.79 Å². The second-order valence-corrected chi connectivity index (χ2v) is 5.08. The van der Waals surface area contributed by atoms with Crippen molar-refractivity contribution in [3.05, 3.63) is 11.3 Å². The van der Waals surface area contributed by atoms with Crippen LogP contribution in [-0.4, -0.2) is 47.7 Å². The Bertz CT molecular complexity index is 502. The molecule has 3 N–H and O–H groups in total. The number of anilines is 1. The van der Waals surface area contributed by atoms with E-state index in [1.165, 1.54) is 0 Å². The van der Waals surface area contributed by atoms with Gasteiger partial charge in [0.25, 0.3) is 0 Å². The molecule has 8 heteroatoms. The molecule has 1 amide bonds. The first-order valence-electron chi connectivity index (χ1n) is 5.80. The molecule has 0 aromatic carbocycles. The van der Waals surface area contributed by atoms with Gasteiger partial charge in [-0.05, 0) is 25.5 Å². The van der Waals surface area contributed by atoms with Crippen molar-refractivity contribution in [2.45, 2.75) is 13.0 Å². The highest BCUT2D eigenvalue weighted by molar-refractivity contribution is 7.11. The number of ether oxygens (including phenoxy) is 1. The van der Waals surface area contributed by atoms with Crippen molar-refractivity contribution in [2.24, 2.45) is 5.92 Å². The van der Waals surface area contributed by atoms with Gasteiger partial charge in [-0.1, -0.05) is 0 Å². The molecule has 0 aliphatic carbocycles. The first-order chi connectivity index (χ1) is 9.04. The number of aromatic nitrogens is 1.